The number of aryl methyl sites for hydroxylation is 1. The summed E-state index contributed by atoms with van der Waals surface area (Å²) < 4.78 is 4.74. The van der Waals surface area contributed by atoms with Gasteiger partial charge < -0.3 is 15.0 Å². The standard InChI is InChI=1S/C16H17N3O4S/c1-10-8-12(20)19-16(17-10)24-9-13(21)18-14(15(22)23-2)11-6-4-3-5-7-11/h3-8,14H,9H2,1-2H3,(H,18,21)(H,17,19,20). The first-order valence-electron chi connectivity index (χ1n) is 7.12. The van der Waals surface area contributed by atoms with Crippen LogP contribution in [-0.2, 0) is 14.3 Å². The second-order valence-electron chi connectivity index (χ2n) is 4.91. The van der Waals surface area contributed by atoms with Crippen molar-refractivity contribution in [3.63, 3.8) is 0 Å². The molecule has 1 amide bonds. The summed E-state index contributed by atoms with van der Waals surface area (Å²) in [6.07, 6.45) is 0. The third kappa shape index (κ3) is 4.95. The van der Waals surface area contributed by atoms with Gasteiger partial charge in [0.25, 0.3) is 5.56 Å². The largest absolute Gasteiger partial charge is 0.467 e. The van der Waals surface area contributed by atoms with E-state index < -0.39 is 12.0 Å². The number of nitrogens with one attached hydrogen (secondary N) is 2. The summed E-state index contributed by atoms with van der Waals surface area (Å²) in [6.45, 7) is 1.70. The molecule has 0 saturated carbocycles. The quantitative estimate of drug-likeness (QED) is 0.463. The van der Waals surface area contributed by atoms with Gasteiger partial charge in [0, 0.05) is 11.8 Å². The molecule has 0 saturated heterocycles. The number of hydrogen-bond acceptors (Lipinski definition) is 6. The molecular formula is C16H17N3O4S. The van der Waals surface area contributed by atoms with E-state index in [2.05, 4.69) is 15.3 Å². The fourth-order valence-corrected chi connectivity index (χ4v) is 2.73. The highest BCUT2D eigenvalue weighted by atomic mass is 32.2. The number of H-pyrrole nitrogens is 1. The predicted octanol–water partition coefficient (Wildman–Crippen LogP) is 1.20. The van der Waals surface area contributed by atoms with Crippen molar-refractivity contribution in [1.29, 1.82) is 0 Å². The molecule has 1 aromatic heterocycles. The Morgan fingerprint density at radius 2 is 2.04 bits per heavy atom. The molecule has 126 valence electrons. The minimum Gasteiger partial charge on any atom is -0.467 e. The molecule has 2 N–H and O–H groups in total. The zero-order valence-corrected chi connectivity index (χ0v) is 14.1. The molecule has 0 aliphatic heterocycles. The van der Waals surface area contributed by atoms with Gasteiger partial charge >= 0.3 is 5.97 Å². The smallest absolute Gasteiger partial charge is 0.333 e. The minimum atomic E-state index is -0.881. The maximum absolute atomic E-state index is 12.1. The lowest BCUT2D eigenvalue weighted by Crippen LogP contribution is -2.35. The number of rotatable bonds is 6. The number of aromatic amines is 1. The van der Waals surface area contributed by atoms with E-state index in [0.717, 1.165) is 11.8 Å². The van der Waals surface area contributed by atoms with Crippen LogP contribution in [-0.4, -0.2) is 34.7 Å². The molecule has 0 fully saturated rings. The number of methoxy groups -OCH3 is 1. The molecule has 0 spiro atoms. The summed E-state index contributed by atoms with van der Waals surface area (Å²) in [4.78, 5) is 42.1. The van der Waals surface area contributed by atoms with Crippen LogP contribution < -0.4 is 10.9 Å². The van der Waals surface area contributed by atoms with Crippen LogP contribution in [0, 0.1) is 6.92 Å². The van der Waals surface area contributed by atoms with Crippen molar-refractivity contribution >= 4 is 23.6 Å². The third-order valence-corrected chi connectivity index (χ3v) is 3.94. The second kappa shape index (κ2) is 8.30. The Balaban J connectivity index is 2.03. The Labute approximate surface area is 142 Å². The Kier molecular flexibility index (Phi) is 6.14. The summed E-state index contributed by atoms with van der Waals surface area (Å²) in [5.74, 6) is -0.919. The van der Waals surface area contributed by atoms with Crippen molar-refractivity contribution in [3.05, 3.63) is 58.0 Å². The van der Waals surface area contributed by atoms with Crippen LogP contribution in [0.15, 0.2) is 46.3 Å². The molecule has 2 rings (SSSR count). The number of hydrogen-bond donors (Lipinski definition) is 2. The summed E-state index contributed by atoms with van der Waals surface area (Å²) in [5.41, 5.74) is 0.922. The number of carbonyl (C=O) groups is 2. The molecule has 0 radical (unpaired) electrons. The van der Waals surface area contributed by atoms with Gasteiger partial charge in [0.15, 0.2) is 11.2 Å². The lowest BCUT2D eigenvalue weighted by atomic mass is 10.1. The monoisotopic (exact) mass is 347 g/mol. The molecule has 8 heteroatoms. The lowest BCUT2D eigenvalue weighted by Gasteiger charge is -2.16. The highest BCUT2D eigenvalue weighted by Crippen LogP contribution is 2.16. The molecule has 1 aromatic carbocycles. The summed E-state index contributed by atoms with van der Waals surface area (Å²) in [6, 6.07) is 9.31. The Bertz CT molecular complexity index is 776. The summed E-state index contributed by atoms with van der Waals surface area (Å²) in [7, 11) is 1.26. The van der Waals surface area contributed by atoms with Gasteiger partial charge in [0.1, 0.15) is 0 Å². The Morgan fingerprint density at radius 3 is 2.67 bits per heavy atom. The topological polar surface area (TPSA) is 101 Å². The molecule has 2 aromatic rings. The average Bonchev–Trinajstić information content (AvgIpc) is 2.57. The van der Waals surface area contributed by atoms with E-state index in [9.17, 15) is 14.4 Å². The zero-order chi connectivity index (χ0) is 17.5. The van der Waals surface area contributed by atoms with E-state index in [1.807, 2.05) is 6.07 Å². The zero-order valence-electron chi connectivity index (χ0n) is 13.2. The normalized spacial score (nSPS) is 11.6. The van der Waals surface area contributed by atoms with Gasteiger partial charge in [0.2, 0.25) is 5.91 Å². The van der Waals surface area contributed by atoms with Gasteiger partial charge in [-0.15, -0.1) is 0 Å². The SMILES string of the molecule is COC(=O)C(NC(=O)CSc1nc(C)cc(=O)[nH]1)c1ccccc1. The first-order chi connectivity index (χ1) is 11.5. The summed E-state index contributed by atoms with van der Waals surface area (Å²) in [5, 5.41) is 2.98. The molecule has 1 heterocycles. The maximum atomic E-state index is 12.1. The predicted molar refractivity (Wildman–Crippen MR) is 89.7 cm³/mol. The highest BCUT2D eigenvalue weighted by Gasteiger charge is 2.23. The van der Waals surface area contributed by atoms with E-state index in [4.69, 9.17) is 4.74 Å². The van der Waals surface area contributed by atoms with E-state index in [0.29, 0.717) is 16.4 Å². The van der Waals surface area contributed by atoms with Crippen molar-refractivity contribution in [1.82, 2.24) is 15.3 Å². The number of esters is 1. The van der Waals surface area contributed by atoms with Gasteiger partial charge in [-0.05, 0) is 12.5 Å². The van der Waals surface area contributed by atoms with Gasteiger partial charge in [-0.2, -0.15) is 0 Å². The fourth-order valence-electron chi connectivity index (χ4n) is 2.00. The number of nitrogens with zero attached hydrogens (tertiary/aromatic N) is 1. The van der Waals surface area contributed by atoms with Crippen LogP contribution in [0.4, 0.5) is 0 Å². The van der Waals surface area contributed by atoms with E-state index in [1.165, 1.54) is 13.2 Å². The molecule has 24 heavy (non-hydrogen) atoms. The number of carbonyl (C=O) groups excluding carboxylic acids is 2. The van der Waals surface area contributed by atoms with Crippen LogP contribution in [0.3, 0.4) is 0 Å². The maximum Gasteiger partial charge on any atom is 0.333 e. The van der Waals surface area contributed by atoms with Crippen molar-refractivity contribution < 1.29 is 14.3 Å². The van der Waals surface area contributed by atoms with Crippen LogP contribution in [0.25, 0.3) is 0 Å². The Hall–Kier alpha value is -2.61. The van der Waals surface area contributed by atoms with Crippen LogP contribution in [0.5, 0.6) is 0 Å². The number of amides is 1. The van der Waals surface area contributed by atoms with Gasteiger partial charge in [-0.25, -0.2) is 9.78 Å². The van der Waals surface area contributed by atoms with E-state index >= 15 is 0 Å². The second-order valence-corrected chi connectivity index (χ2v) is 5.88. The molecular weight excluding hydrogens is 330 g/mol. The fraction of sp³-hybridized carbons (Fsp3) is 0.250. The molecule has 7 nitrogen and oxygen atoms in total. The van der Waals surface area contributed by atoms with E-state index in [-0.39, 0.29) is 17.2 Å². The molecule has 1 atom stereocenters. The van der Waals surface area contributed by atoms with Crippen molar-refractivity contribution in [3.8, 4) is 0 Å². The first-order valence-corrected chi connectivity index (χ1v) is 8.11. The minimum absolute atomic E-state index is 0.00667. The number of aromatic nitrogens is 2. The average molecular weight is 347 g/mol. The molecule has 1 unspecified atom stereocenters. The van der Waals surface area contributed by atoms with Gasteiger partial charge in [0.05, 0.1) is 12.9 Å². The van der Waals surface area contributed by atoms with Gasteiger partial charge in [-0.1, -0.05) is 42.1 Å². The molecule has 0 aliphatic carbocycles. The number of thioether (sulfide) groups is 1. The molecule has 0 aliphatic rings. The van der Waals surface area contributed by atoms with Crippen LogP contribution in [0.2, 0.25) is 0 Å². The van der Waals surface area contributed by atoms with E-state index in [1.54, 1.807) is 31.2 Å². The number of benzene rings is 1. The van der Waals surface area contributed by atoms with Crippen molar-refractivity contribution in [2.45, 2.75) is 18.1 Å². The third-order valence-electron chi connectivity index (χ3n) is 3.06. The first kappa shape index (κ1) is 17.7. The molecule has 0 bridgehead atoms. The Morgan fingerprint density at radius 1 is 1.33 bits per heavy atom. The van der Waals surface area contributed by atoms with Crippen LogP contribution in [0.1, 0.15) is 17.3 Å². The summed E-state index contributed by atoms with van der Waals surface area (Å²) >= 11 is 1.08. The van der Waals surface area contributed by atoms with Crippen molar-refractivity contribution in [2.75, 3.05) is 12.9 Å². The highest BCUT2D eigenvalue weighted by molar-refractivity contribution is 7.99. The van der Waals surface area contributed by atoms with Crippen molar-refractivity contribution in [2.24, 2.45) is 0 Å². The van der Waals surface area contributed by atoms with Crippen LogP contribution >= 0.6 is 11.8 Å². The number of ether oxygens (including phenoxy) is 1. The lowest BCUT2D eigenvalue weighted by molar-refractivity contribution is -0.145. The van der Waals surface area contributed by atoms with Gasteiger partial charge in [-0.3, -0.25) is 9.59 Å².